The number of carbonyl (C=O) groups excluding carboxylic acids is 1. The number of aromatic nitrogens is 2. The Kier molecular flexibility index (Phi) is 6.49. The van der Waals surface area contributed by atoms with Gasteiger partial charge in [-0.1, -0.05) is 61.4 Å². The number of pyridine rings is 1. The number of fused-ring (bicyclic) bond motifs is 1. The van der Waals surface area contributed by atoms with Crippen molar-refractivity contribution >= 4 is 32.4 Å². The Hall–Kier alpha value is -3.71. The van der Waals surface area contributed by atoms with E-state index in [1.165, 1.54) is 17.1 Å². The van der Waals surface area contributed by atoms with Gasteiger partial charge in [0.2, 0.25) is 0 Å². The lowest BCUT2D eigenvalue weighted by atomic mass is 9.95. The summed E-state index contributed by atoms with van der Waals surface area (Å²) in [4.78, 5) is 16.6. The zero-order valence-electron chi connectivity index (χ0n) is 20.3. The van der Waals surface area contributed by atoms with Crippen LogP contribution >= 0.6 is 0 Å². The van der Waals surface area contributed by atoms with Gasteiger partial charge in [0, 0.05) is 16.5 Å². The van der Waals surface area contributed by atoms with Gasteiger partial charge in [-0.25, -0.2) is 17.4 Å². The van der Waals surface area contributed by atoms with Crippen LogP contribution in [0, 0.1) is 5.92 Å². The van der Waals surface area contributed by atoms with E-state index in [2.05, 4.69) is 11.1 Å². The lowest BCUT2D eigenvalue weighted by Gasteiger charge is -2.16. The van der Waals surface area contributed by atoms with Crippen molar-refractivity contribution in [3.63, 3.8) is 0 Å². The molecule has 0 saturated heterocycles. The number of carbonyl (C=O) groups is 1. The second kappa shape index (κ2) is 9.74. The van der Waals surface area contributed by atoms with Crippen molar-refractivity contribution < 1.29 is 17.9 Å². The van der Waals surface area contributed by atoms with E-state index in [9.17, 15) is 13.2 Å². The molecule has 0 N–H and O–H groups in total. The van der Waals surface area contributed by atoms with Crippen molar-refractivity contribution in [2.24, 2.45) is 5.92 Å². The third-order valence-electron chi connectivity index (χ3n) is 6.77. The standard InChI is InChI=1S/C29H28N2O4S/c1-20(32)22-12-14-23(15-13-22)27(16-21-8-6-7-9-21)28-18-24-17-25(35-2)19-30-29(24)31(28)36(33,34)26-10-4-3-5-11-26/h3-5,10-19,21H,6-9H2,1-2H3/b27-16+. The highest BCUT2D eigenvalue weighted by atomic mass is 32.2. The van der Waals surface area contributed by atoms with Crippen LogP contribution in [0.5, 0.6) is 5.75 Å². The summed E-state index contributed by atoms with van der Waals surface area (Å²) in [5.41, 5.74) is 3.16. The average Bonchev–Trinajstić information content (AvgIpc) is 3.55. The molecule has 6 nitrogen and oxygen atoms in total. The number of nitrogens with zero attached hydrogens (tertiary/aromatic N) is 2. The summed E-state index contributed by atoms with van der Waals surface area (Å²) in [7, 11) is -2.40. The van der Waals surface area contributed by atoms with E-state index in [0.29, 0.717) is 34.0 Å². The molecule has 0 aliphatic heterocycles. The summed E-state index contributed by atoms with van der Waals surface area (Å²) in [6, 6.07) is 19.4. The number of ketones is 1. The van der Waals surface area contributed by atoms with E-state index in [1.807, 2.05) is 18.2 Å². The normalized spacial score (nSPS) is 14.9. The van der Waals surface area contributed by atoms with E-state index < -0.39 is 10.0 Å². The number of rotatable bonds is 7. The zero-order chi connectivity index (χ0) is 25.3. The van der Waals surface area contributed by atoms with E-state index in [0.717, 1.165) is 36.8 Å². The van der Waals surface area contributed by atoms with Crippen LogP contribution < -0.4 is 4.74 Å². The van der Waals surface area contributed by atoms with Crippen LogP contribution in [0.2, 0.25) is 0 Å². The smallest absolute Gasteiger partial charge is 0.269 e. The molecule has 4 aromatic rings. The highest BCUT2D eigenvalue weighted by Crippen LogP contribution is 2.37. The summed E-state index contributed by atoms with van der Waals surface area (Å²) in [6.07, 6.45) is 8.16. The first-order valence-corrected chi connectivity index (χ1v) is 13.5. The highest BCUT2D eigenvalue weighted by Gasteiger charge is 2.27. The Bertz CT molecular complexity index is 1550. The maximum absolute atomic E-state index is 14.0. The Balaban J connectivity index is 1.79. The fraction of sp³-hybridized carbons (Fsp3) is 0.241. The van der Waals surface area contributed by atoms with Gasteiger partial charge in [0.25, 0.3) is 10.0 Å². The van der Waals surface area contributed by atoms with Crippen molar-refractivity contribution in [3.05, 3.63) is 95.8 Å². The second-order valence-corrected chi connectivity index (χ2v) is 10.9. The van der Waals surface area contributed by atoms with Crippen LogP contribution in [0.3, 0.4) is 0 Å². The summed E-state index contributed by atoms with van der Waals surface area (Å²) in [6.45, 7) is 1.54. The number of benzene rings is 2. The zero-order valence-corrected chi connectivity index (χ0v) is 21.2. The summed E-state index contributed by atoms with van der Waals surface area (Å²) < 4.78 is 34.7. The molecule has 1 aliphatic rings. The summed E-state index contributed by atoms with van der Waals surface area (Å²) in [5.74, 6) is 0.885. The second-order valence-electron chi connectivity index (χ2n) is 9.16. The molecule has 5 rings (SSSR count). The van der Waals surface area contributed by atoms with E-state index >= 15 is 0 Å². The fourth-order valence-electron chi connectivity index (χ4n) is 4.86. The van der Waals surface area contributed by atoms with Crippen molar-refractivity contribution in [3.8, 4) is 5.75 Å². The first kappa shape index (κ1) is 24.0. The molecular formula is C29H28N2O4S. The molecule has 0 amide bonds. The summed E-state index contributed by atoms with van der Waals surface area (Å²) in [5, 5.41) is 0.668. The lowest BCUT2D eigenvalue weighted by molar-refractivity contribution is 0.101. The molecule has 0 atom stereocenters. The fourth-order valence-corrected chi connectivity index (χ4v) is 6.37. The van der Waals surface area contributed by atoms with Gasteiger partial charge < -0.3 is 4.74 Å². The average molecular weight is 501 g/mol. The molecule has 7 heteroatoms. The van der Waals surface area contributed by atoms with Gasteiger partial charge in [-0.15, -0.1) is 0 Å². The number of Topliss-reactive ketones (excluding diaryl/α,β-unsaturated/α-hetero) is 1. The molecule has 2 aromatic heterocycles. The van der Waals surface area contributed by atoms with E-state index in [-0.39, 0.29) is 10.7 Å². The van der Waals surface area contributed by atoms with Gasteiger partial charge in [0.1, 0.15) is 5.75 Å². The van der Waals surface area contributed by atoms with Crippen molar-refractivity contribution in [2.75, 3.05) is 7.11 Å². The molecule has 184 valence electrons. The van der Waals surface area contributed by atoms with Crippen LogP contribution in [0.25, 0.3) is 16.6 Å². The largest absolute Gasteiger partial charge is 0.495 e. The first-order valence-electron chi connectivity index (χ1n) is 12.1. The van der Waals surface area contributed by atoms with Crippen LogP contribution in [0.1, 0.15) is 54.2 Å². The molecular weight excluding hydrogens is 472 g/mol. The van der Waals surface area contributed by atoms with Crippen molar-refractivity contribution in [1.82, 2.24) is 8.96 Å². The molecule has 2 heterocycles. The van der Waals surface area contributed by atoms with E-state index in [1.54, 1.807) is 55.6 Å². The van der Waals surface area contributed by atoms with Gasteiger partial charge in [0.05, 0.1) is 23.9 Å². The third kappa shape index (κ3) is 4.46. The number of hydrogen-bond donors (Lipinski definition) is 0. The van der Waals surface area contributed by atoms with Gasteiger partial charge in [0.15, 0.2) is 11.4 Å². The monoisotopic (exact) mass is 500 g/mol. The van der Waals surface area contributed by atoms with Gasteiger partial charge in [-0.2, -0.15) is 0 Å². The molecule has 0 radical (unpaired) electrons. The Morgan fingerprint density at radius 2 is 1.67 bits per heavy atom. The number of methoxy groups -OCH3 is 1. The Labute approximate surface area is 211 Å². The van der Waals surface area contributed by atoms with Gasteiger partial charge >= 0.3 is 0 Å². The minimum Gasteiger partial charge on any atom is -0.495 e. The predicted molar refractivity (Wildman–Crippen MR) is 141 cm³/mol. The molecule has 1 aliphatic carbocycles. The molecule has 0 bridgehead atoms. The van der Waals surface area contributed by atoms with Gasteiger partial charge in [-0.3, -0.25) is 4.79 Å². The Morgan fingerprint density at radius 1 is 1.00 bits per heavy atom. The third-order valence-corrected chi connectivity index (χ3v) is 8.49. The SMILES string of the molecule is COc1cnc2c(c1)cc(/C(=C/C1CCCC1)c1ccc(C(C)=O)cc1)n2S(=O)(=O)c1ccccc1. The number of hydrogen-bond acceptors (Lipinski definition) is 5. The highest BCUT2D eigenvalue weighted by molar-refractivity contribution is 7.90. The van der Waals surface area contributed by atoms with Crippen molar-refractivity contribution in [2.45, 2.75) is 37.5 Å². The van der Waals surface area contributed by atoms with Crippen molar-refractivity contribution in [1.29, 1.82) is 0 Å². The van der Waals surface area contributed by atoms with Gasteiger partial charge in [-0.05, 0) is 55.5 Å². The number of allylic oxidation sites excluding steroid dienone is 1. The Morgan fingerprint density at radius 3 is 2.31 bits per heavy atom. The molecule has 1 saturated carbocycles. The van der Waals surface area contributed by atoms with Crippen LogP contribution in [0.15, 0.2) is 83.9 Å². The molecule has 0 spiro atoms. The number of ether oxygens (including phenoxy) is 1. The quantitative estimate of drug-likeness (QED) is 0.286. The molecule has 0 unspecified atom stereocenters. The van der Waals surface area contributed by atoms with Crippen LogP contribution in [-0.2, 0) is 10.0 Å². The van der Waals surface area contributed by atoms with E-state index in [4.69, 9.17) is 4.74 Å². The molecule has 2 aromatic carbocycles. The molecule has 1 fully saturated rings. The minimum atomic E-state index is -3.96. The lowest BCUT2D eigenvalue weighted by Crippen LogP contribution is -2.16. The maximum atomic E-state index is 14.0. The minimum absolute atomic E-state index is 0.0139. The maximum Gasteiger partial charge on any atom is 0.269 e. The summed E-state index contributed by atoms with van der Waals surface area (Å²) >= 11 is 0. The predicted octanol–water partition coefficient (Wildman–Crippen LogP) is 6.11. The van der Waals surface area contributed by atoms with Crippen LogP contribution in [-0.4, -0.2) is 30.3 Å². The molecule has 36 heavy (non-hydrogen) atoms. The first-order chi connectivity index (χ1) is 17.4. The van der Waals surface area contributed by atoms with Crippen LogP contribution in [0.4, 0.5) is 0 Å². The topological polar surface area (TPSA) is 78.3 Å².